The molecule has 2 N–H and O–H groups in total. The number of carbonyl (C=O) groups is 1. The molecule has 32 heavy (non-hydrogen) atoms. The largest absolute Gasteiger partial charge is 0.478 e. The van der Waals surface area contributed by atoms with Gasteiger partial charge in [-0.1, -0.05) is 18.2 Å². The van der Waals surface area contributed by atoms with E-state index in [0.717, 1.165) is 0 Å². The Balaban J connectivity index is 1.62. The van der Waals surface area contributed by atoms with Crippen LogP contribution in [0.25, 0.3) is 22.6 Å². The molecule has 0 atom stereocenters. The molecule has 0 fully saturated rings. The standard InChI is InChI=1S/C24H16N4O4/c29-24(30)16-7-1-2-9-20(16)32-22-13-19-18(12-21(22)31-15-6-5-10-25-14-15)27-23(28-19)17-8-3-4-11-26-17/h1-14H,(H,27,28)(H,29,30). The first kappa shape index (κ1) is 19.3. The van der Waals surface area contributed by atoms with Gasteiger partial charge >= 0.3 is 5.97 Å². The lowest BCUT2D eigenvalue weighted by molar-refractivity contribution is 0.0694. The summed E-state index contributed by atoms with van der Waals surface area (Å²) in [6.07, 6.45) is 4.91. The van der Waals surface area contributed by atoms with Gasteiger partial charge in [0.05, 0.1) is 17.2 Å². The van der Waals surface area contributed by atoms with Crippen molar-refractivity contribution < 1.29 is 19.4 Å². The molecule has 5 aromatic rings. The van der Waals surface area contributed by atoms with Crippen molar-refractivity contribution in [2.45, 2.75) is 0 Å². The van der Waals surface area contributed by atoms with Crippen LogP contribution in [0.3, 0.4) is 0 Å². The predicted molar refractivity (Wildman–Crippen MR) is 117 cm³/mol. The van der Waals surface area contributed by atoms with Gasteiger partial charge in [0.25, 0.3) is 0 Å². The van der Waals surface area contributed by atoms with Crippen molar-refractivity contribution >= 4 is 17.0 Å². The van der Waals surface area contributed by atoms with Crippen LogP contribution in [0.2, 0.25) is 0 Å². The fourth-order valence-electron chi connectivity index (χ4n) is 3.19. The van der Waals surface area contributed by atoms with Gasteiger partial charge in [-0.15, -0.1) is 0 Å². The van der Waals surface area contributed by atoms with Gasteiger partial charge in [-0.25, -0.2) is 9.78 Å². The second-order valence-corrected chi connectivity index (χ2v) is 6.81. The average molecular weight is 424 g/mol. The lowest BCUT2D eigenvalue weighted by Gasteiger charge is -2.13. The number of para-hydroxylation sites is 1. The highest BCUT2D eigenvalue weighted by molar-refractivity contribution is 5.91. The van der Waals surface area contributed by atoms with Gasteiger partial charge < -0.3 is 19.6 Å². The summed E-state index contributed by atoms with van der Waals surface area (Å²) in [6, 6.07) is 18.9. The van der Waals surface area contributed by atoms with Crippen molar-refractivity contribution in [2.24, 2.45) is 0 Å². The first-order chi connectivity index (χ1) is 15.7. The number of carboxylic acid groups (broad SMARTS) is 1. The summed E-state index contributed by atoms with van der Waals surface area (Å²) in [6.45, 7) is 0. The van der Waals surface area contributed by atoms with Crippen LogP contribution in [0, 0.1) is 0 Å². The third-order valence-corrected chi connectivity index (χ3v) is 4.65. The highest BCUT2D eigenvalue weighted by Gasteiger charge is 2.17. The van der Waals surface area contributed by atoms with E-state index >= 15 is 0 Å². The number of aromatic carboxylic acids is 1. The summed E-state index contributed by atoms with van der Waals surface area (Å²) in [5, 5.41) is 9.51. The fraction of sp³-hybridized carbons (Fsp3) is 0. The van der Waals surface area contributed by atoms with Crippen molar-refractivity contribution in [3.63, 3.8) is 0 Å². The normalized spacial score (nSPS) is 10.8. The molecule has 0 aliphatic carbocycles. The van der Waals surface area contributed by atoms with Gasteiger partial charge in [0.2, 0.25) is 0 Å². The number of nitrogens with one attached hydrogen (secondary N) is 1. The van der Waals surface area contributed by atoms with E-state index in [9.17, 15) is 9.90 Å². The van der Waals surface area contributed by atoms with Crippen LogP contribution in [-0.2, 0) is 0 Å². The third kappa shape index (κ3) is 3.84. The molecule has 0 saturated carbocycles. The molecule has 0 aliphatic heterocycles. The van der Waals surface area contributed by atoms with Gasteiger partial charge in [0.15, 0.2) is 17.3 Å². The number of nitrogens with zero attached hydrogens (tertiary/aromatic N) is 3. The van der Waals surface area contributed by atoms with Crippen LogP contribution >= 0.6 is 0 Å². The molecule has 0 aliphatic rings. The van der Waals surface area contributed by atoms with Crippen LogP contribution in [0.5, 0.6) is 23.0 Å². The summed E-state index contributed by atoms with van der Waals surface area (Å²) >= 11 is 0. The number of hydrogen-bond donors (Lipinski definition) is 2. The molecule has 0 unspecified atom stereocenters. The molecular weight excluding hydrogens is 408 g/mol. The second-order valence-electron chi connectivity index (χ2n) is 6.81. The number of rotatable bonds is 6. The molecule has 0 spiro atoms. The van der Waals surface area contributed by atoms with Gasteiger partial charge in [-0.2, -0.15) is 0 Å². The van der Waals surface area contributed by atoms with E-state index in [1.807, 2.05) is 18.2 Å². The SMILES string of the molecule is O=C(O)c1ccccc1Oc1cc2nc(-c3ccccn3)[nH]c2cc1Oc1cccnc1. The molecule has 0 radical (unpaired) electrons. The molecule has 8 heteroatoms. The lowest BCUT2D eigenvalue weighted by Crippen LogP contribution is -2.00. The van der Waals surface area contributed by atoms with Crippen molar-refractivity contribution in [3.05, 3.63) is 90.9 Å². The van der Waals surface area contributed by atoms with Gasteiger partial charge in [0, 0.05) is 24.5 Å². The second kappa shape index (κ2) is 8.19. The van der Waals surface area contributed by atoms with E-state index in [1.165, 1.54) is 6.07 Å². The first-order valence-electron chi connectivity index (χ1n) is 9.70. The number of carboxylic acids is 1. The smallest absolute Gasteiger partial charge is 0.339 e. The van der Waals surface area contributed by atoms with Crippen molar-refractivity contribution in [1.82, 2.24) is 19.9 Å². The number of aromatic amines is 1. The van der Waals surface area contributed by atoms with Crippen LogP contribution in [-0.4, -0.2) is 31.0 Å². The Morgan fingerprint density at radius 1 is 0.875 bits per heavy atom. The zero-order valence-electron chi connectivity index (χ0n) is 16.6. The number of aromatic nitrogens is 4. The van der Waals surface area contributed by atoms with Gasteiger partial charge in [-0.3, -0.25) is 9.97 Å². The fourth-order valence-corrected chi connectivity index (χ4v) is 3.19. The monoisotopic (exact) mass is 424 g/mol. The molecule has 0 bridgehead atoms. The Bertz CT molecular complexity index is 1400. The highest BCUT2D eigenvalue weighted by Crippen LogP contribution is 2.39. The molecular formula is C24H16N4O4. The minimum absolute atomic E-state index is 0.0381. The molecule has 8 nitrogen and oxygen atoms in total. The maximum Gasteiger partial charge on any atom is 0.339 e. The van der Waals surface area contributed by atoms with Crippen LogP contribution in [0.15, 0.2) is 85.3 Å². The number of hydrogen-bond acceptors (Lipinski definition) is 6. The zero-order chi connectivity index (χ0) is 21.9. The molecule has 2 aromatic carbocycles. The Kier molecular flexibility index (Phi) is 4.93. The number of H-pyrrole nitrogens is 1. The Morgan fingerprint density at radius 2 is 1.72 bits per heavy atom. The molecule has 3 aromatic heterocycles. The Labute approximate surface area is 182 Å². The van der Waals surface area contributed by atoms with E-state index in [-0.39, 0.29) is 11.3 Å². The number of benzene rings is 2. The number of imidazole rings is 1. The van der Waals surface area contributed by atoms with E-state index in [0.29, 0.717) is 39.8 Å². The van der Waals surface area contributed by atoms with E-state index in [1.54, 1.807) is 61.1 Å². The third-order valence-electron chi connectivity index (χ3n) is 4.65. The summed E-state index contributed by atoms with van der Waals surface area (Å²) < 4.78 is 12.0. The average Bonchev–Trinajstić information content (AvgIpc) is 3.23. The van der Waals surface area contributed by atoms with Crippen molar-refractivity contribution in [1.29, 1.82) is 0 Å². The highest BCUT2D eigenvalue weighted by atomic mass is 16.5. The molecule has 3 heterocycles. The topological polar surface area (TPSA) is 110 Å². The molecule has 156 valence electrons. The lowest BCUT2D eigenvalue weighted by atomic mass is 10.2. The number of pyridine rings is 2. The maximum absolute atomic E-state index is 11.6. The van der Waals surface area contributed by atoms with Crippen molar-refractivity contribution in [3.8, 4) is 34.5 Å². The molecule has 0 saturated heterocycles. The summed E-state index contributed by atoms with van der Waals surface area (Å²) in [4.78, 5) is 27.9. The summed E-state index contributed by atoms with van der Waals surface area (Å²) in [5.74, 6) is 0.893. The minimum Gasteiger partial charge on any atom is -0.478 e. The molecule has 0 amide bonds. The first-order valence-corrected chi connectivity index (χ1v) is 9.70. The number of ether oxygens (including phenoxy) is 2. The molecule has 5 rings (SSSR count). The van der Waals surface area contributed by atoms with E-state index in [4.69, 9.17) is 9.47 Å². The van der Waals surface area contributed by atoms with Crippen LogP contribution in [0.1, 0.15) is 10.4 Å². The summed E-state index contributed by atoms with van der Waals surface area (Å²) in [5.41, 5.74) is 2.06. The van der Waals surface area contributed by atoms with Crippen molar-refractivity contribution in [2.75, 3.05) is 0 Å². The van der Waals surface area contributed by atoms with E-state index < -0.39 is 5.97 Å². The Hall–Kier alpha value is -4.72. The number of fused-ring (bicyclic) bond motifs is 1. The zero-order valence-corrected chi connectivity index (χ0v) is 16.6. The van der Waals surface area contributed by atoms with Gasteiger partial charge in [-0.05, 0) is 36.4 Å². The predicted octanol–water partition coefficient (Wildman–Crippen LogP) is 5.30. The van der Waals surface area contributed by atoms with Crippen LogP contribution in [0.4, 0.5) is 0 Å². The Morgan fingerprint density at radius 3 is 2.50 bits per heavy atom. The minimum atomic E-state index is -1.09. The van der Waals surface area contributed by atoms with E-state index in [2.05, 4.69) is 19.9 Å². The maximum atomic E-state index is 11.6. The van der Waals surface area contributed by atoms with Crippen LogP contribution < -0.4 is 9.47 Å². The summed E-state index contributed by atoms with van der Waals surface area (Å²) in [7, 11) is 0. The van der Waals surface area contributed by atoms with Gasteiger partial charge in [0.1, 0.15) is 22.8 Å². The quantitative estimate of drug-likeness (QED) is 0.380.